The molecule has 3 heteroatoms. The third kappa shape index (κ3) is 1.97. The van der Waals surface area contributed by atoms with E-state index in [1.165, 1.54) is 5.57 Å². The van der Waals surface area contributed by atoms with E-state index in [1.54, 1.807) is 0 Å². The second kappa shape index (κ2) is 4.80. The quantitative estimate of drug-likeness (QED) is 0.671. The highest BCUT2D eigenvalue weighted by atomic mass is 19.1. The average Bonchev–Trinajstić information content (AvgIpc) is 2.75. The summed E-state index contributed by atoms with van der Waals surface area (Å²) in [4.78, 5) is 0. The van der Waals surface area contributed by atoms with Gasteiger partial charge in [0, 0.05) is 0 Å². The zero-order chi connectivity index (χ0) is 15.7. The van der Waals surface area contributed by atoms with Crippen molar-refractivity contribution in [1.29, 1.82) is 0 Å². The Morgan fingerprint density at radius 1 is 1.14 bits per heavy atom. The Bertz CT molecular complexity index is 504. The summed E-state index contributed by atoms with van der Waals surface area (Å²) in [5.74, 6) is 0.986. The molecule has 2 nitrogen and oxygen atoms in total. The van der Waals surface area contributed by atoms with Gasteiger partial charge >= 0.3 is 0 Å². The highest BCUT2D eigenvalue weighted by Gasteiger charge is 2.59. The highest BCUT2D eigenvalue weighted by Crippen LogP contribution is 2.65. The molecule has 3 fully saturated rings. The fourth-order valence-corrected chi connectivity index (χ4v) is 6.60. The van der Waals surface area contributed by atoms with Gasteiger partial charge in [0.25, 0.3) is 0 Å². The Kier molecular flexibility index (Phi) is 3.30. The van der Waals surface area contributed by atoms with Crippen molar-refractivity contribution >= 4 is 0 Å². The molecule has 0 aromatic heterocycles. The predicted molar refractivity (Wildman–Crippen MR) is 84.0 cm³/mol. The van der Waals surface area contributed by atoms with E-state index >= 15 is 0 Å². The monoisotopic (exact) mass is 308 g/mol. The van der Waals surface area contributed by atoms with Crippen molar-refractivity contribution in [3.05, 3.63) is 11.6 Å². The second-order valence-corrected chi connectivity index (χ2v) is 9.02. The summed E-state index contributed by atoms with van der Waals surface area (Å²) in [6, 6.07) is 0. The van der Waals surface area contributed by atoms with Crippen molar-refractivity contribution in [2.45, 2.75) is 77.2 Å². The van der Waals surface area contributed by atoms with Crippen LogP contribution in [0.1, 0.15) is 58.8 Å². The van der Waals surface area contributed by atoms with Gasteiger partial charge < -0.3 is 10.2 Å². The number of hydrogen-bond acceptors (Lipinski definition) is 2. The molecule has 3 saturated carbocycles. The van der Waals surface area contributed by atoms with Gasteiger partial charge in [0.1, 0.15) is 6.17 Å². The largest absolute Gasteiger partial charge is 0.393 e. The summed E-state index contributed by atoms with van der Waals surface area (Å²) < 4.78 is 14.1. The van der Waals surface area contributed by atoms with Crippen LogP contribution in [0.25, 0.3) is 0 Å². The Hall–Kier alpha value is -0.410. The lowest BCUT2D eigenvalue weighted by atomic mass is 9.47. The van der Waals surface area contributed by atoms with Gasteiger partial charge in [0.05, 0.1) is 12.2 Å². The number of alkyl halides is 1. The first kappa shape index (κ1) is 15.1. The molecule has 0 heterocycles. The van der Waals surface area contributed by atoms with Gasteiger partial charge in [0.15, 0.2) is 0 Å². The fraction of sp³-hybridized carbons (Fsp3) is 0.895. The third-order valence-corrected chi connectivity index (χ3v) is 7.82. The highest BCUT2D eigenvalue weighted by molar-refractivity contribution is 5.27. The number of rotatable bonds is 0. The van der Waals surface area contributed by atoms with Crippen molar-refractivity contribution in [1.82, 2.24) is 0 Å². The van der Waals surface area contributed by atoms with E-state index in [2.05, 4.69) is 13.8 Å². The minimum absolute atomic E-state index is 0.0808. The first-order valence-electron chi connectivity index (χ1n) is 9.05. The van der Waals surface area contributed by atoms with Crippen LogP contribution in [0, 0.1) is 28.6 Å². The van der Waals surface area contributed by atoms with Gasteiger partial charge in [0.2, 0.25) is 0 Å². The summed E-state index contributed by atoms with van der Waals surface area (Å²) in [5.41, 5.74) is 1.45. The van der Waals surface area contributed by atoms with Crippen LogP contribution in [0.5, 0.6) is 0 Å². The van der Waals surface area contributed by atoms with E-state index < -0.39 is 12.3 Å². The van der Waals surface area contributed by atoms with Crippen LogP contribution in [-0.4, -0.2) is 28.6 Å². The summed E-state index contributed by atoms with van der Waals surface area (Å²) in [6.45, 7) is 4.57. The SMILES string of the molecule is C[C@]12CC[C@@H]3[C@@H](C(O)C=C4CC(O)CC[C@@]43C)[C@@H]1CC(F)C2. The minimum Gasteiger partial charge on any atom is -0.393 e. The van der Waals surface area contributed by atoms with Gasteiger partial charge in [-0.25, -0.2) is 4.39 Å². The molecule has 0 spiro atoms. The number of halogens is 1. The molecule has 0 aromatic carbocycles. The van der Waals surface area contributed by atoms with Crippen molar-refractivity contribution in [3.8, 4) is 0 Å². The average molecular weight is 308 g/mol. The molecule has 4 aliphatic carbocycles. The van der Waals surface area contributed by atoms with Gasteiger partial charge in [-0.2, -0.15) is 0 Å². The smallest absolute Gasteiger partial charge is 0.101 e. The van der Waals surface area contributed by atoms with Crippen LogP contribution in [-0.2, 0) is 0 Å². The molecule has 3 unspecified atom stereocenters. The van der Waals surface area contributed by atoms with Crippen LogP contribution in [0.3, 0.4) is 0 Å². The van der Waals surface area contributed by atoms with Crippen LogP contribution in [0.15, 0.2) is 11.6 Å². The maximum absolute atomic E-state index is 14.1. The maximum Gasteiger partial charge on any atom is 0.101 e. The van der Waals surface area contributed by atoms with Crippen molar-refractivity contribution < 1.29 is 14.6 Å². The Morgan fingerprint density at radius 2 is 1.91 bits per heavy atom. The molecular formula is C19H29FO2. The van der Waals surface area contributed by atoms with Crippen molar-refractivity contribution in [2.24, 2.45) is 28.6 Å². The Morgan fingerprint density at radius 3 is 2.68 bits per heavy atom. The van der Waals surface area contributed by atoms with Crippen molar-refractivity contribution in [3.63, 3.8) is 0 Å². The molecule has 22 heavy (non-hydrogen) atoms. The van der Waals surface area contributed by atoms with Gasteiger partial charge in [-0.1, -0.05) is 25.5 Å². The summed E-state index contributed by atoms with van der Waals surface area (Å²) in [7, 11) is 0. The zero-order valence-corrected chi connectivity index (χ0v) is 13.8. The minimum atomic E-state index is -0.688. The second-order valence-electron chi connectivity index (χ2n) is 9.02. The fourth-order valence-electron chi connectivity index (χ4n) is 6.60. The Balaban J connectivity index is 1.73. The lowest BCUT2D eigenvalue weighted by molar-refractivity contribution is -0.0825. The molecule has 0 saturated heterocycles. The van der Waals surface area contributed by atoms with E-state index in [9.17, 15) is 14.6 Å². The van der Waals surface area contributed by atoms with Crippen molar-refractivity contribution in [2.75, 3.05) is 0 Å². The van der Waals surface area contributed by atoms with Gasteiger partial charge in [-0.3, -0.25) is 0 Å². The van der Waals surface area contributed by atoms with E-state index in [0.717, 1.165) is 25.7 Å². The van der Waals surface area contributed by atoms with Gasteiger partial charge in [-0.05, 0) is 73.5 Å². The van der Waals surface area contributed by atoms with E-state index in [1.807, 2.05) is 6.08 Å². The van der Waals surface area contributed by atoms with E-state index in [0.29, 0.717) is 31.1 Å². The molecule has 4 rings (SSSR count). The molecule has 0 aromatic rings. The first-order chi connectivity index (χ1) is 10.3. The summed E-state index contributed by atoms with van der Waals surface area (Å²) in [6.07, 6.45) is 6.74. The number of aliphatic hydroxyl groups is 2. The predicted octanol–water partition coefficient (Wildman–Crippen LogP) is 3.62. The molecule has 8 atom stereocenters. The molecule has 0 aliphatic heterocycles. The Labute approximate surface area is 132 Å². The van der Waals surface area contributed by atoms with Crippen LogP contribution < -0.4 is 0 Å². The van der Waals surface area contributed by atoms with Gasteiger partial charge in [-0.15, -0.1) is 0 Å². The lowest BCUT2D eigenvalue weighted by Crippen LogP contribution is -2.53. The normalized spacial score (nSPS) is 57.6. The summed E-state index contributed by atoms with van der Waals surface area (Å²) >= 11 is 0. The molecular weight excluding hydrogens is 279 g/mol. The van der Waals surface area contributed by atoms with Crippen LogP contribution >= 0.6 is 0 Å². The molecule has 0 radical (unpaired) electrons. The van der Waals surface area contributed by atoms with Crippen LogP contribution in [0.2, 0.25) is 0 Å². The molecule has 2 N–H and O–H groups in total. The zero-order valence-electron chi connectivity index (χ0n) is 13.8. The molecule has 124 valence electrons. The third-order valence-electron chi connectivity index (χ3n) is 7.82. The first-order valence-corrected chi connectivity index (χ1v) is 9.05. The molecule has 0 bridgehead atoms. The lowest BCUT2D eigenvalue weighted by Gasteiger charge is -2.58. The topological polar surface area (TPSA) is 40.5 Å². The van der Waals surface area contributed by atoms with E-state index in [-0.39, 0.29) is 22.9 Å². The van der Waals surface area contributed by atoms with E-state index in [4.69, 9.17) is 0 Å². The standard InChI is InChI=1S/C19H29FO2/c1-18-5-4-14-17(15(18)9-12(20)10-18)16(22)8-11-7-13(21)3-6-19(11,14)2/h8,12-17,21-22H,3-7,9-10H2,1-2H3/t12?,13?,14-,15+,16?,17-,18-,19+/m1/s1. The van der Waals surface area contributed by atoms with Crippen LogP contribution in [0.4, 0.5) is 4.39 Å². The summed E-state index contributed by atoms with van der Waals surface area (Å²) in [5, 5.41) is 20.8. The number of fused-ring (bicyclic) bond motifs is 5. The molecule has 0 amide bonds. The number of hydrogen-bond donors (Lipinski definition) is 2. The molecule has 4 aliphatic rings. The maximum atomic E-state index is 14.1. The number of aliphatic hydroxyl groups excluding tert-OH is 2.